The number of likely N-dealkylation sites (tertiary alicyclic amines) is 1. The van der Waals surface area contributed by atoms with Gasteiger partial charge in [-0.3, -0.25) is 9.89 Å². The van der Waals surface area contributed by atoms with Crippen molar-refractivity contribution >= 4 is 41.3 Å². The van der Waals surface area contributed by atoms with Gasteiger partial charge in [0.25, 0.3) is 0 Å². The zero-order valence-electron chi connectivity index (χ0n) is 17.7. The lowest BCUT2D eigenvalue weighted by atomic mass is 10.0. The summed E-state index contributed by atoms with van der Waals surface area (Å²) >= 11 is 0.979. The molecule has 3 rings (SSSR count). The third-order valence-electron chi connectivity index (χ3n) is 5.28. The zero-order valence-corrected chi connectivity index (χ0v) is 20.9. The summed E-state index contributed by atoms with van der Waals surface area (Å²) < 4.78 is 37.9. The molecule has 2 N–H and O–H groups in total. The van der Waals surface area contributed by atoms with Gasteiger partial charge in [-0.25, -0.2) is 4.98 Å². The summed E-state index contributed by atoms with van der Waals surface area (Å²) in [6, 6.07) is 9.15. The third kappa shape index (κ3) is 7.90. The maximum atomic E-state index is 12.6. The average molecular weight is 567 g/mol. The van der Waals surface area contributed by atoms with Gasteiger partial charge in [-0.05, 0) is 37.4 Å². The van der Waals surface area contributed by atoms with Crippen LogP contribution in [0.5, 0.6) is 0 Å². The number of thiazole rings is 1. The highest BCUT2D eigenvalue weighted by atomic mass is 127. The molecule has 1 aliphatic rings. The van der Waals surface area contributed by atoms with E-state index in [0.29, 0.717) is 23.6 Å². The Labute approximate surface area is 202 Å². The van der Waals surface area contributed by atoms with Gasteiger partial charge in [0, 0.05) is 31.6 Å². The average Bonchev–Trinajstić information content (AvgIpc) is 3.21. The first-order valence-corrected chi connectivity index (χ1v) is 11.0. The number of guanidine groups is 1. The number of halogens is 4. The fraction of sp³-hybridized carbons (Fsp3) is 0.524. The van der Waals surface area contributed by atoms with Crippen LogP contribution in [0.15, 0.2) is 34.6 Å². The summed E-state index contributed by atoms with van der Waals surface area (Å²) in [7, 11) is 1.63. The Morgan fingerprint density at radius 3 is 2.45 bits per heavy atom. The predicted molar refractivity (Wildman–Crippen MR) is 130 cm³/mol. The molecule has 2 aromatic rings. The second-order valence-corrected chi connectivity index (χ2v) is 8.48. The molecule has 2 heterocycles. The van der Waals surface area contributed by atoms with E-state index in [4.69, 9.17) is 0 Å². The molecule has 1 unspecified atom stereocenters. The molecule has 1 atom stereocenters. The monoisotopic (exact) mass is 567 g/mol. The number of aromatic nitrogens is 1. The number of hydrogen-bond acceptors (Lipinski definition) is 4. The van der Waals surface area contributed by atoms with E-state index in [-0.39, 0.29) is 30.5 Å². The standard InChI is InChI=1S/C21H28F3N5S.HI/c1-15-5-3-4-10-29(15)13-17-8-6-16(7-9-17)11-26-20(25-2)27-12-19-28-18(14-30-19)21(22,23)24;/h6-9,14-15H,3-5,10-13H2,1-2H3,(H2,25,26,27);1H. The minimum absolute atomic E-state index is 0. The Morgan fingerprint density at radius 2 is 1.84 bits per heavy atom. The summed E-state index contributed by atoms with van der Waals surface area (Å²) in [4.78, 5) is 10.3. The van der Waals surface area contributed by atoms with Gasteiger partial charge in [0.05, 0.1) is 6.54 Å². The van der Waals surface area contributed by atoms with Crippen LogP contribution in [0.2, 0.25) is 0 Å². The van der Waals surface area contributed by atoms with E-state index in [2.05, 4.69) is 56.7 Å². The molecule has 1 aliphatic heterocycles. The number of hydrogen-bond donors (Lipinski definition) is 2. The Kier molecular flexibility index (Phi) is 10.0. The molecule has 0 spiro atoms. The van der Waals surface area contributed by atoms with Crippen LogP contribution >= 0.6 is 35.3 Å². The molecule has 31 heavy (non-hydrogen) atoms. The lowest BCUT2D eigenvalue weighted by Crippen LogP contribution is -2.37. The van der Waals surface area contributed by atoms with Gasteiger partial charge < -0.3 is 10.6 Å². The molecular weight excluding hydrogens is 538 g/mol. The van der Waals surface area contributed by atoms with Crippen molar-refractivity contribution in [1.82, 2.24) is 20.5 Å². The van der Waals surface area contributed by atoms with E-state index in [1.165, 1.54) is 24.8 Å². The van der Waals surface area contributed by atoms with Gasteiger partial charge in [-0.2, -0.15) is 13.2 Å². The van der Waals surface area contributed by atoms with E-state index in [1.807, 2.05) is 0 Å². The third-order valence-corrected chi connectivity index (χ3v) is 6.13. The highest BCUT2D eigenvalue weighted by Gasteiger charge is 2.33. The largest absolute Gasteiger partial charge is 0.434 e. The lowest BCUT2D eigenvalue weighted by Gasteiger charge is -2.33. The molecule has 172 valence electrons. The fourth-order valence-electron chi connectivity index (χ4n) is 3.48. The predicted octanol–water partition coefficient (Wildman–Crippen LogP) is 5.02. The molecule has 1 aromatic carbocycles. The van der Waals surface area contributed by atoms with Crippen LogP contribution < -0.4 is 10.6 Å². The minimum atomic E-state index is -4.41. The molecule has 10 heteroatoms. The van der Waals surface area contributed by atoms with Crippen molar-refractivity contribution in [3.05, 3.63) is 51.5 Å². The number of nitrogens with zero attached hydrogens (tertiary/aromatic N) is 3. The van der Waals surface area contributed by atoms with Crippen LogP contribution in [0.4, 0.5) is 13.2 Å². The Hall–Kier alpha value is -1.40. The van der Waals surface area contributed by atoms with E-state index < -0.39 is 11.9 Å². The van der Waals surface area contributed by atoms with Gasteiger partial charge in [0.15, 0.2) is 11.7 Å². The van der Waals surface area contributed by atoms with Crippen molar-refractivity contribution in [2.45, 2.75) is 58.0 Å². The number of alkyl halides is 3. The quantitative estimate of drug-likeness (QED) is 0.293. The molecule has 0 bridgehead atoms. The zero-order chi connectivity index (χ0) is 21.6. The summed E-state index contributed by atoms with van der Waals surface area (Å²) in [6.45, 7) is 5.20. The summed E-state index contributed by atoms with van der Waals surface area (Å²) in [5.74, 6) is 0.518. The Morgan fingerprint density at radius 1 is 1.16 bits per heavy atom. The fourth-order valence-corrected chi connectivity index (χ4v) is 4.22. The molecule has 1 saturated heterocycles. The molecule has 1 aromatic heterocycles. The highest BCUT2D eigenvalue weighted by molar-refractivity contribution is 14.0. The van der Waals surface area contributed by atoms with E-state index in [0.717, 1.165) is 35.4 Å². The van der Waals surface area contributed by atoms with Crippen LogP contribution in [0, 0.1) is 0 Å². The molecule has 1 fully saturated rings. The Balaban J connectivity index is 0.00000341. The normalized spacial score (nSPS) is 17.8. The van der Waals surface area contributed by atoms with Crippen LogP contribution in [0.25, 0.3) is 0 Å². The number of benzene rings is 1. The maximum absolute atomic E-state index is 12.6. The molecule has 5 nitrogen and oxygen atoms in total. The van der Waals surface area contributed by atoms with Crippen LogP contribution in [0.3, 0.4) is 0 Å². The number of nitrogens with one attached hydrogen (secondary N) is 2. The van der Waals surface area contributed by atoms with Crippen molar-refractivity contribution in [2.75, 3.05) is 13.6 Å². The van der Waals surface area contributed by atoms with Gasteiger partial charge in [-0.15, -0.1) is 35.3 Å². The van der Waals surface area contributed by atoms with Crippen molar-refractivity contribution < 1.29 is 13.2 Å². The van der Waals surface area contributed by atoms with Crippen LogP contribution in [-0.4, -0.2) is 35.5 Å². The number of piperidine rings is 1. The first-order valence-electron chi connectivity index (χ1n) is 10.1. The topological polar surface area (TPSA) is 52.6 Å². The smallest absolute Gasteiger partial charge is 0.352 e. The summed E-state index contributed by atoms with van der Waals surface area (Å²) in [5.41, 5.74) is 1.56. The number of rotatable bonds is 6. The van der Waals surface area contributed by atoms with Gasteiger partial charge >= 0.3 is 6.18 Å². The minimum Gasteiger partial charge on any atom is -0.352 e. The van der Waals surface area contributed by atoms with E-state index in [1.54, 1.807) is 7.05 Å². The van der Waals surface area contributed by atoms with Crippen molar-refractivity contribution in [3.63, 3.8) is 0 Å². The van der Waals surface area contributed by atoms with E-state index >= 15 is 0 Å². The van der Waals surface area contributed by atoms with E-state index in [9.17, 15) is 13.2 Å². The molecule has 0 aliphatic carbocycles. The maximum Gasteiger partial charge on any atom is 0.434 e. The highest BCUT2D eigenvalue weighted by Crippen LogP contribution is 2.29. The van der Waals surface area contributed by atoms with Gasteiger partial charge in [-0.1, -0.05) is 30.7 Å². The van der Waals surface area contributed by atoms with Crippen molar-refractivity contribution in [3.8, 4) is 0 Å². The first-order chi connectivity index (χ1) is 14.3. The lowest BCUT2D eigenvalue weighted by molar-refractivity contribution is -0.140. The number of aliphatic imine (C=N–C) groups is 1. The molecule has 0 saturated carbocycles. The van der Waals surface area contributed by atoms with Crippen molar-refractivity contribution in [2.24, 2.45) is 4.99 Å². The van der Waals surface area contributed by atoms with Gasteiger partial charge in [0.1, 0.15) is 5.01 Å². The second kappa shape index (κ2) is 12.0. The van der Waals surface area contributed by atoms with Gasteiger partial charge in [0.2, 0.25) is 0 Å². The SMILES string of the molecule is CN=C(NCc1ccc(CN2CCCCC2C)cc1)NCc1nc(C(F)(F)F)cs1.I. The Bertz CT molecular complexity index is 838. The summed E-state index contributed by atoms with van der Waals surface area (Å²) in [5, 5.41) is 7.58. The summed E-state index contributed by atoms with van der Waals surface area (Å²) in [6.07, 6.45) is -0.542. The van der Waals surface area contributed by atoms with Crippen molar-refractivity contribution in [1.29, 1.82) is 0 Å². The molecule has 0 radical (unpaired) electrons. The van der Waals surface area contributed by atoms with Crippen LogP contribution in [-0.2, 0) is 25.8 Å². The first kappa shape index (κ1) is 25.9. The molecular formula is C21H29F3IN5S. The second-order valence-electron chi connectivity index (χ2n) is 7.54. The van der Waals surface area contributed by atoms with Crippen LogP contribution in [0.1, 0.15) is 48.0 Å². The molecule has 0 amide bonds.